The van der Waals surface area contributed by atoms with E-state index in [2.05, 4.69) is 29.4 Å². The van der Waals surface area contributed by atoms with Crippen molar-refractivity contribution in [3.8, 4) is 0 Å². The van der Waals surface area contributed by atoms with Crippen molar-refractivity contribution in [1.82, 2.24) is 29.4 Å². The van der Waals surface area contributed by atoms with Gasteiger partial charge in [0.25, 0.3) is 0 Å². The Morgan fingerprint density at radius 2 is 1.77 bits per heavy atom. The first kappa shape index (κ1) is 20.4. The topological polar surface area (TPSA) is 84.5 Å². The number of rotatable bonds is 6. The van der Waals surface area contributed by atoms with Gasteiger partial charge in [0.1, 0.15) is 6.54 Å². The third-order valence-electron chi connectivity index (χ3n) is 6.32. The zero-order valence-electron chi connectivity index (χ0n) is 18.0. The van der Waals surface area contributed by atoms with Crippen LogP contribution in [0.2, 0.25) is 0 Å². The SMILES string of the molecule is CC1CCCC(C)N1C(=O)Cn1c2ccccc2n2c(SCC(=O)NC3CC3)nnc12. The minimum absolute atomic E-state index is 0.0243. The van der Waals surface area contributed by atoms with Crippen molar-refractivity contribution in [1.29, 1.82) is 0 Å². The van der Waals surface area contributed by atoms with E-state index in [-0.39, 0.29) is 30.4 Å². The molecule has 9 heteroatoms. The number of hydrogen-bond acceptors (Lipinski definition) is 5. The minimum Gasteiger partial charge on any atom is -0.353 e. The highest BCUT2D eigenvalue weighted by atomic mass is 32.2. The van der Waals surface area contributed by atoms with Gasteiger partial charge < -0.3 is 10.2 Å². The molecule has 2 aliphatic rings. The van der Waals surface area contributed by atoms with Gasteiger partial charge in [-0.1, -0.05) is 23.9 Å². The largest absolute Gasteiger partial charge is 0.353 e. The Kier molecular flexibility index (Phi) is 5.37. The summed E-state index contributed by atoms with van der Waals surface area (Å²) in [5.74, 6) is 1.08. The van der Waals surface area contributed by atoms with Crippen molar-refractivity contribution in [3.05, 3.63) is 24.3 Å². The molecule has 1 aliphatic carbocycles. The average Bonchev–Trinajstić information content (AvgIpc) is 3.37. The van der Waals surface area contributed by atoms with Gasteiger partial charge in [0, 0.05) is 18.1 Å². The van der Waals surface area contributed by atoms with Crippen LogP contribution in [-0.4, -0.2) is 59.8 Å². The number of nitrogens with one attached hydrogen (secondary N) is 1. The van der Waals surface area contributed by atoms with Crippen LogP contribution in [0.3, 0.4) is 0 Å². The van der Waals surface area contributed by atoms with Crippen molar-refractivity contribution in [2.75, 3.05) is 5.75 Å². The molecule has 3 aromatic rings. The highest BCUT2D eigenvalue weighted by Crippen LogP contribution is 2.28. The summed E-state index contributed by atoms with van der Waals surface area (Å²) in [6, 6.07) is 8.81. The van der Waals surface area contributed by atoms with Gasteiger partial charge >= 0.3 is 0 Å². The Morgan fingerprint density at radius 1 is 1.06 bits per heavy atom. The van der Waals surface area contributed by atoms with Crippen LogP contribution in [-0.2, 0) is 16.1 Å². The first-order valence-corrected chi connectivity index (χ1v) is 12.1. The van der Waals surface area contributed by atoms with Crippen molar-refractivity contribution in [2.24, 2.45) is 0 Å². The number of piperidine rings is 1. The predicted molar refractivity (Wildman–Crippen MR) is 120 cm³/mol. The van der Waals surface area contributed by atoms with E-state index < -0.39 is 0 Å². The fraction of sp³-hybridized carbons (Fsp3) is 0.545. The minimum atomic E-state index is 0.0243. The highest BCUT2D eigenvalue weighted by Gasteiger charge is 2.30. The third kappa shape index (κ3) is 3.91. The van der Waals surface area contributed by atoms with Crippen molar-refractivity contribution >= 4 is 40.4 Å². The number of fused-ring (bicyclic) bond motifs is 3. The number of amides is 2. The molecule has 2 amide bonds. The summed E-state index contributed by atoms with van der Waals surface area (Å²) in [7, 11) is 0. The number of carbonyl (C=O) groups excluding carboxylic acids is 2. The molecule has 1 saturated heterocycles. The van der Waals surface area contributed by atoms with Crippen LogP contribution in [0.25, 0.3) is 16.8 Å². The second kappa shape index (κ2) is 8.18. The number of hydrogen-bond donors (Lipinski definition) is 1. The molecule has 1 aromatic carbocycles. The number of imidazole rings is 1. The zero-order valence-corrected chi connectivity index (χ0v) is 18.8. The molecule has 164 valence electrons. The van der Waals surface area contributed by atoms with Crippen LogP contribution < -0.4 is 5.32 Å². The molecular weight excluding hydrogens is 412 g/mol. The zero-order chi connectivity index (χ0) is 21.5. The van der Waals surface area contributed by atoms with Gasteiger partial charge in [-0.2, -0.15) is 0 Å². The monoisotopic (exact) mass is 440 g/mol. The molecule has 1 aliphatic heterocycles. The number of carbonyl (C=O) groups is 2. The molecule has 2 aromatic heterocycles. The molecule has 2 atom stereocenters. The summed E-state index contributed by atoms with van der Waals surface area (Å²) in [5, 5.41) is 12.4. The van der Waals surface area contributed by atoms with Crippen molar-refractivity contribution < 1.29 is 9.59 Å². The molecular formula is C22H28N6O2S. The van der Waals surface area contributed by atoms with Crippen LogP contribution in [0, 0.1) is 0 Å². The molecule has 2 fully saturated rings. The molecule has 2 unspecified atom stereocenters. The molecule has 31 heavy (non-hydrogen) atoms. The summed E-state index contributed by atoms with van der Waals surface area (Å²) in [5.41, 5.74) is 1.89. The quantitative estimate of drug-likeness (QED) is 0.596. The summed E-state index contributed by atoms with van der Waals surface area (Å²) >= 11 is 1.38. The van der Waals surface area contributed by atoms with Gasteiger partial charge in [0.05, 0.1) is 16.8 Å². The average molecular weight is 441 g/mol. The maximum atomic E-state index is 13.3. The Morgan fingerprint density at radius 3 is 2.48 bits per heavy atom. The van der Waals surface area contributed by atoms with Gasteiger partial charge in [0.15, 0.2) is 5.16 Å². The number of aromatic nitrogens is 4. The number of likely N-dealkylation sites (tertiary alicyclic amines) is 1. The van der Waals surface area contributed by atoms with Crippen LogP contribution in [0.5, 0.6) is 0 Å². The van der Waals surface area contributed by atoms with Gasteiger partial charge in [0.2, 0.25) is 17.6 Å². The Labute approximate surface area is 185 Å². The first-order chi connectivity index (χ1) is 15.0. The summed E-state index contributed by atoms with van der Waals surface area (Å²) in [6.07, 6.45) is 5.41. The van der Waals surface area contributed by atoms with E-state index in [0.29, 0.717) is 22.7 Å². The lowest BCUT2D eigenvalue weighted by atomic mass is 9.97. The number of thioether (sulfide) groups is 1. The Balaban J connectivity index is 1.44. The van der Waals surface area contributed by atoms with Gasteiger partial charge in [-0.25, -0.2) is 0 Å². The molecule has 1 N–H and O–H groups in total. The van der Waals surface area contributed by atoms with Crippen LogP contribution >= 0.6 is 11.8 Å². The number of para-hydroxylation sites is 2. The van der Waals surface area contributed by atoms with Gasteiger partial charge in [-0.05, 0) is 58.1 Å². The number of nitrogens with zero attached hydrogens (tertiary/aromatic N) is 5. The van der Waals surface area contributed by atoms with Crippen molar-refractivity contribution in [3.63, 3.8) is 0 Å². The van der Waals surface area contributed by atoms with E-state index >= 15 is 0 Å². The number of benzene rings is 1. The summed E-state index contributed by atoms with van der Waals surface area (Å²) in [4.78, 5) is 27.5. The lowest BCUT2D eigenvalue weighted by Crippen LogP contribution is -2.48. The highest BCUT2D eigenvalue weighted by molar-refractivity contribution is 7.99. The standard InChI is InChI=1S/C22H28N6O2S/c1-14-6-5-7-15(2)27(14)20(30)12-26-17-8-3-4-9-18(17)28-21(26)24-25-22(28)31-13-19(29)23-16-10-11-16/h3-4,8-9,14-16H,5-7,10-13H2,1-2H3,(H,23,29). The molecule has 0 bridgehead atoms. The van der Waals surface area contributed by atoms with E-state index in [1.54, 1.807) is 0 Å². The van der Waals surface area contributed by atoms with E-state index in [1.807, 2.05) is 38.1 Å². The van der Waals surface area contributed by atoms with Gasteiger partial charge in [-0.3, -0.25) is 18.6 Å². The second-order valence-corrected chi connectivity index (χ2v) is 9.70. The Bertz CT molecular complexity index is 1120. The van der Waals surface area contributed by atoms with Crippen LogP contribution in [0.15, 0.2) is 29.4 Å². The first-order valence-electron chi connectivity index (χ1n) is 11.1. The fourth-order valence-corrected chi connectivity index (χ4v) is 5.39. The van der Waals surface area contributed by atoms with E-state index in [1.165, 1.54) is 18.2 Å². The maximum Gasteiger partial charge on any atom is 0.243 e. The predicted octanol–water partition coefficient (Wildman–Crippen LogP) is 2.84. The summed E-state index contributed by atoms with van der Waals surface area (Å²) < 4.78 is 3.91. The fourth-order valence-electron chi connectivity index (χ4n) is 4.64. The van der Waals surface area contributed by atoms with Crippen molar-refractivity contribution in [2.45, 2.75) is 75.8 Å². The van der Waals surface area contributed by atoms with Gasteiger partial charge in [-0.15, -0.1) is 10.2 Å². The smallest absolute Gasteiger partial charge is 0.243 e. The maximum absolute atomic E-state index is 13.3. The van der Waals surface area contributed by atoms with E-state index in [9.17, 15) is 9.59 Å². The van der Waals surface area contributed by atoms with E-state index in [4.69, 9.17) is 0 Å². The molecule has 0 spiro atoms. The van der Waals surface area contributed by atoms with E-state index in [0.717, 1.165) is 36.7 Å². The third-order valence-corrected chi connectivity index (χ3v) is 7.25. The van der Waals surface area contributed by atoms with Crippen LogP contribution in [0.4, 0.5) is 0 Å². The molecule has 0 radical (unpaired) electrons. The lowest BCUT2D eigenvalue weighted by Gasteiger charge is -2.39. The Hall–Kier alpha value is -2.55. The summed E-state index contributed by atoms with van der Waals surface area (Å²) in [6.45, 7) is 4.50. The molecule has 5 rings (SSSR count). The molecule has 8 nitrogen and oxygen atoms in total. The van der Waals surface area contributed by atoms with Crippen LogP contribution in [0.1, 0.15) is 46.0 Å². The lowest BCUT2D eigenvalue weighted by molar-refractivity contribution is -0.137. The second-order valence-electron chi connectivity index (χ2n) is 8.75. The molecule has 3 heterocycles. The normalized spacial score (nSPS) is 21.7. The molecule has 1 saturated carbocycles.